The summed E-state index contributed by atoms with van der Waals surface area (Å²) in [5.41, 5.74) is 0. The van der Waals surface area contributed by atoms with E-state index in [4.69, 9.17) is 29.5 Å². The largest absolute Gasteiger partial charge is 0 e. The normalized spacial score (nSPS) is 8.57. The SMILES string of the molecule is [BaH2].[La].[OH][Ti]([OH])([OH])[OH].[OH][Ti]([OH])([OH])[OH].[PbH2].[Zr]. The van der Waals surface area contributed by atoms with E-state index < -0.39 is 36.3 Å². The van der Waals surface area contributed by atoms with Crippen LogP contribution < -0.4 is 0 Å². The predicted octanol–water partition coefficient (Wildman–Crippen LogP) is -6.30. The van der Waals surface area contributed by atoms with E-state index in [1.165, 1.54) is 0 Å². The zero-order chi connectivity index (χ0) is 9.00. The van der Waals surface area contributed by atoms with Crippen LogP contribution in [0, 0.1) is 35.6 Å². The molecule has 3 radical (unpaired) electrons. The molecule has 0 saturated carbocycles. The van der Waals surface area contributed by atoms with Crippen molar-refractivity contribution < 1.29 is 128 Å². The van der Waals surface area contributed by atoms with Gasteiger partial charge in [0.05, 0.1) is 0 Å². The number of rotatable bonds is 0. The van der Waals surface area contributed by atoms with Gasteiger partial charge in [0.2, 0.25) is 0 Å². The number of hydrogen-bond donors (Lipinski definition) is 8. The molecule has 8 N–H and O–H groups in total. The summed E-state index contributed by atoms with van der Waals surface area (Å²) in [4.78, 5) is 0. The predicted molar refractivity (Wildman–Crippen MR) is 34.8 cm³/mol. The van der Waals surface area contributed by atoms with Gasteiger partial charge in [-0.3, -0.25) is 0 Å². The average Bonchev–Trinajstić information content (AvgIpc) is 1.12. The fourth-order valence-electron chi connectivity index (χ4n) is 0. The minimum atomic E-state index is -5.00. The van der Waals surface area contributed by atoms with Crippen molar-refractivity contribution >= 4 is 76.2 Å². The molecule has 14 heteroatoms. The van der Waals surface area contributed by atoms with Crippen LogP contribution in [0.2, 0.25) is 0 Å². The van der Waals surface area contributed by atoms with Crippen LogP contribution in [0.15, 0.2) is 0 Å². The van der Waals surface area contributed by atoms with Gasteiger partial charge in [0, 0.05) is 61.8 Å². The summed E-state index contributed by atoms with van der Waals surface area (Å²) >= 11 is -10.0. The molecule has 0 spiro atoms. The topological polar surface area (TPSA) is 162 Å². The van der Waals surface area contributed by atoms with Crippen molar-refractivity contribution in [2.75, 3.05) is 0 Å². The van der Waals surface area contributed by atoms with E-state index >= 15 is 0 Å². The van der Waals surface area contributed by atoms with E-state index in [1.807, 2.05) is 0 Å². The van der Waals surface area contributed by atoms with Gasteiger partial charge in [-0.05, 0) is 0 Å². The Labute approximate surface area is 198 Å². The summed E-state index contributed by atoms with van der Waals surface area (Å²) in [7, 11) is 0. The van der Waals surface area contributed by atoms with Crippen molar-refractivity contribution in [1.29, 1.82) is 0 Å². The molecular formula is H12BaLaO8PbTi2Zr. The van der Waals surface area contributed by atoms with E-state index in [0.717, 1.165) is 0 Å². The molecule has 0 unspecified atom stereocenters. The quantitative estimate of drug-likeness (QED) is 0.112. The van der Waals surface area contributed by atoms with Crippen molar-refractivity contribution in [2.24, 2.45) is 0 Å². The Hall–Kier alpha value is 5.68. The van der Waals surface area contributed by atoms with Gasteiger partial charge in [-0.1, -0.05) is 0 Å². The third kappa shape index (κ3) is 152. The van der Waals surface area contributed by atoms with Crippen LogP contribution in [-0.2, 0) is 62.5 Å². The molecule has 0 aromatic rings. The van der Waals surface area contributed by atoms with E-state index in [0.29, 0.717) is 0 Å². The standard InChI is InChI=1S/Ba.La.8H2O.Pb.2Ti.Zr.4H/h;;8*1H2;;;;;;;;/q;;;;;;;;;;;2*+4;;;;;/p-8. The fraction of sp³-hybridized carbons (Fsp3) is 0. The first-order valence-corrected chi connectivity index (χ1v) is 7.38. The molecule has 0 aromatic carbocycles. The minimum absolute atomic E-state index is 0. The summed E-state index contributed by atoms with van der Waals surface area (Å²) in [5.74, 6) is 0. The van der Waals surface area contributed by atoms with Crippen LogP contribution in [0.1, 0.15) is 0 Å². The third-order valence-electron chi connectivity index (χ3n) is 0. The van der Waals surface area contributed by atoms with Gasteiger partial charge in [0.25, 0.3) is 0 Å². The van der Waals surface area contributed by atoms with Crippen LogP contribution in [0.25, 0.3) is 0 Å². The van der Waals surface area contributed by atoms with Gasteiger partial charge in [-0.2, -0.15) is 0 Å². The van der Waals surface area contributed by atoms with Gasteiger partial charge in [0.1, 0.15) is 0 Å². The Morgan fingerprint density at radius 3 is 0.571 bits per heavy atom. The molecule has 81 valence electrons. The average molecular weight is 810 g/mol. The first-order chi connectivity index (χ1) is 4.00. The van der Waals surface area contributed by atoms with Gasteiger partial charge in [0.15, 0.2) is 0 Å². The molecule has 0 saturated heterocycles. The van der Waals surface area contributed by atoms with Crippen molar-refractivity contribution in [3.8, 4) is 0 Å². The molecule has 0 amide bonds. The maximum absolute atomic E-state index is 7.38. The monoisotopic (exact) mass is 811 g/mol. The Bertz CT molecular complexity index is 70.3. The van der Waals surface area contributed by atoms with E-state index in [1.54, 1.807) is 0 Å². The molecule has 0 bridgehead atoms. The number of hydrogen-bond acceptors (Lipinski definition) is 8. The van der Waals surface area contributed by atoms with Gasteiger partial charge >= 0.3 is 142 Å². The Morgan fingerprint density at radius 2 is 0.571 bits per heavy atom. The van der Waals surface area contributed by atoms with Crippen molar-refractivity contribution in [1.82, 2.24) is 0 Å². The summed E-state index contributed by atoms with van der Waals surface area (Å²) in [6, 6.07) is 0. The maximum Gasteiger partial charge on any atom is 0 e. The molecular weight excluding hydrogens is 798 g/mol. The zero-order valence-electron chi connectivity index (χ0n) is 6.36. The Kier molecular flexibility index (Phi) is 49.0. The van der Waals surface area contributed by atoms with Crippen LogP contribution >= 0.6 is 0 Å². The van der Waals surface area contributed by atoms with E-state index in [2.05, 4.69) is 0 Å². The first-order valence-electron chi connectivity index (χ1n) is 1.79. The van der Waals surface area contributed by atoms with E-state index in [9.17, 15) is 0 Å². The zero-order valence-corrected chi connectivity index (χ0v) is 21.1. The molecule has 0 aromatic heterocycles. The Morgan fingerprint density at radius 1 is 0.571 bits per heavy atom. The molecule has 0 heterocycles. The smallest absolute Gasteiger partial charge is 0 e. The van der Waals surface area contributed by atoms with Gasteiger partial charge < -0.3 is 0 Å². The summed E-state index contributed by atoms with van der Waals surface area (Å²) < 4.78 is 59.0. The third-order valence-corrected chi connectivity index (χ3v) is 0. The molecule has 0 atom stereocenters. The molecule has 0 aliphatic rings. The molecule has 0 aliphatic carbocycles. The van der Waals surface area contributed by atoms with Crippen LogP contribution in [0.4, 0.5) is 0 Å². The van der Waals surface area contributed by atoms with Crippen molar-refractivity contribution in [3.05, 3.63) is 0 Å². The summed E-state index contributed by atoms with van der Waals surface area (Å²) in [6.45, 7) is 0. The van der Waals surface area contributed by atoms with Gasteiger partial charge in [-0.25, -0.2) is 0 Å². The molecule has 8 nitrogen and oxygen atoms in total. The van der Waals surface area contributed by atoms with Crippen LogP contribution in [0.5, 0.6) is 0 Å². The summed E-state index contributed by atoms with van der Waals surface area (Å²) in [6.07, 6.45) is 0. The first kappa shape index (κ1) is 36.7. The maximum atomic E-state index is 7.38. The second-order valence-electron chi connectivity index (χ2n) is 1.20. The minimum Gasteiger partial charge on any atom is 0 e. The second kappa shape index (κ2) is 18.7. The van der Waals surface area contributed by atoms with Crippen molar-refractivity contribution in [3.63, 3.8) is 0 Å². The fourth-order valence-corrected chi connectivity index (χ4v) is 0. The second-order valence-corrected chi connectivity index (χ2v) is 4.95. The van der Waals surface area contributed by atoms with Crippen LogP contribution in [-0.4, -0.2) is 106 Å². The molecule has 0 aliphatic heterocycles. The van der Waals surface area contributed by atoms with Crippen molar-refractivity contribution in [2.45, 2.75) is 0 Å². The van der Waals surface area contributed by atoms with Crippen LogP contribution in [0.3, 0.4) is 0 Å². The molecule has 0 fully saturated rings. The summed E-state index contributed by atoms with van der Waals surface area (Å²) in [5, 5.41) is 0. The Balaban J connectivity index is -0.0000000178. The molecule has 14 heavy (non-hydrogen) atoms. The van der Waals surface area contributed by atoms with E-state index in [-0.39, 0.29) is 138 Å². The van der Waals surface area contributed by atoms with Gasteiger partial charge in [-0.15, -0.1) is 0 Å². The molecule has 0 rings (SSSR count).